The minimum atomic E-state index is -3.87. The van der Waals surface area contributed by atoms with E-state index in [4.69, 9.17) is 0 Å². The Labute approximate surface area is 132 Å². The lowest BCUT2D eigenvalue weighted by molar-refractivity contribution is 0.0700. The fourth-order valence-electron chi connectivity index (χ4n) is 2.42. The molecule has 3 N–H and O–H groups in total. The summed E-state index contributed by atoms with van der Waals surface area (Å²) in [5.74, 6) is -1.21. The van der Waals surface area contributed by atoms with Gasteiger partial charge in [-0.3, -0.25) is 4.72 Å². The van der Waals surface area contributed by atoms with Crippen LogP contribution in [0, 0.1) is 6.92 Å². The van der Waals surface area contributed by atoms with E-state index in [0.717, 1.165) is 5.56 Å². The maximum Gasteiger partial charge on any atom is 0.339 e. The van der Waals surface area contributed by atoms with Gasteiger partial charge < -0.3 is 10.1 Å². The molecule has 7 heteroatoms. The summed E-state index contributed by atoms with van der Waals surface area (Å²) >= 11 is 0. The second-order valence-corrected chi connectivity index (χ2v) is 6.84. The van der Waals surface area contributed by atoms with Crippen LogP contribution in [0.3, 0.4) is 0 Å². The zero-order chi connectivity index (χ0) is 16.6. The quantitative estimate of drug-likeness (QED) is 0.685. The third kappa shape index (κ3) is 2.78. The number of nitrogens with one attached hydrogen (secondary N) is 2. The van der Waals surface area contributed by atoms with E-state index in [-0.39, 0.29) is 16.1 Å². The maximum absolute atomic E-state index is 12.5. The fourth-order valence-corrected chi connectivity index (χ4v) is 3.60. The Hall–Kier alpha value is -2.80. The van der Waals surface area contributed by atoms with Crippen LogP contribution < -0.4 is 4.72 Å². The van der Waals surface area contributed by atoms with Gasteiger partial charge in [-0.05, 0) is 36.8 Å². The summed E-state index contributed by atoms with van der Waals surface area (Å²) in [6, 6.07) is 11.2. The van der Waals surface area contributed by atoms with Gasteiger partial charge in [0.2, 0.25) is 0 Å². The molecule has 3 aromatic rings. The number of hydrogen-bond acceptors (Lipinski definition) is 3. The van der Waals surface area contributed by atoms with Crippen LogP contribution >= 0.6 is 0 Å². The highest BCUT2D eigenvalue weighted by Crippen LogP contribution is 2.27. The number of aromatic carboxylic acids is 1. The first-order chi connectivity index (χ1) is 10.9. The molecule has 3 rings (SSSR count). The van der Waals surface area contributed by atoms with E-state index in [9.17, 15) is 18.3 Å². The normalized spacial score (nSPS) is 11.5. The first-order valence-electron chi connectivity index (χ1n) is 6.81. The van der Waals surface area contributed by atoms with Crippen molar-refractivity contribution < 1.29 is 18.3 Å². The van der Waals surface area contributed by atoms with Crippen molar-refractivity contribution in [2.75, 3.05) is 4.72 Å². The van der Waals surface area contributed by atoms with Crippen molar-refractivity contribution in [3.8, 4) is 0 Å². The van der Waals surface area contributed by atoms with E-state index < -0.39 is 16.0 Å². The molecule has 0 saturated heterocycles. The summed E-state index contributed by atoms with van der Waals surface area (Å²) < 4.78 is 27.3. The van der Waals surface area contributed by atoms with Gasteiger partial charge in [-0.15, -0.1) is 0 Å². The van der Waals surface area contributed by atoms with Crippen molar-refractivity contribution in [2.45, 2.75) is 11.8 Å². The van der Waals surface area contributed by atoms with Crippen molar-refractivity contribution >= 4 is 32.6 Å². The van der Waals surface area contributed by atoms with Gasteiger partial charge in [0, 0.05) is 11.6 Å². The molecule has 0 aliphatic heterocycles. The predicted molar refractivity (Wildman–Crippen MR) is 87.2 cm³/mol. The number of carboxylic acids is 1. The van der Waals surface area contributed by atoms with Gasteiger partial charge >= 0.3 is 5.97 Å². The number of aryl methyl sites for hydroxylation is 1. The monoisotopic (exact) mass is 330 g/mol. The van der Waals surface area contributed by atoms with E-state index in [2.05, 4.69) is 9.71 Å². The van der Waals surface area contributed by atoms with Crippen LogP contribution in [0.5, 0.6) is 0 Å². The van der Waals surface area contributed by atoms with Crippen molar-refractivity contribution in [1.29, 1.82) is 0 Å². The highest BCUT2D eigenvalue weighted by Gasteiger charge is 2.21. The Bertz CT molecular complexity index is 1010. The number of hydrogen-bond donors (Lipinski definition) is 3. The third-order valence-corrected chi connectivity index (χ3v) is 4.85. The number of anilines is 1. The second-order valence-electron chi connectivity index (χ2n) is 5.16. The zero-order valence-corrected chi connectivity index (χ0v) is 13.0. The SMILES string of the molecule is Cc1cccc(S(=O)(=O)Nc2ccc3cc[nH]c3c2C(=O)O)c1. The van der Waals surface area contributed by atoms with Gasteiger partial charge in [-0.25, -0.2) is 13.2 Å². The Morgan fingerprint density at radius 1 is 1.17 bits per heavy atom. The van der Waals surface area contributed by atoms with Crippen LogP contribution in [0.4, 0.5) is 5.69 Å². The number of aromatic amines is 1. The van der Waals surface area contributed by atoms with E-state index in [0.29, 0.717) is 10.9 Å². The van der Waals surface area contributed by atoms with Gasteiger partial charge in [0.15, 0.2) is 0 Å². The molecule has 0 spiro atoms. The molecule has 0 fully saturated rings. The van der Waals surface area contributed by atoms with Gasteiger partial charge in [-0.1, -0.05) is 18.2 Å². The molecule has 0 unspecified atom stereocenters. The number of aromatic nitrogens is 1. The standard InChI is InChI=1S/C16H14N2O4S/c1-10-3-2-4-12(9-10)23(21,22)18-13-6-5-11-7-8-17-15(11)14(13)16(19)20/h2-9,17-18H,1H3,(H,19,20). The van der Waals surface area contributed by atoms with Crippen molar-refractivity contribution in [2.24, 2.45) is 0 Å². The molecule has 23 heavy (non-hydrogen) atoms. The molecule has 0 amide bonds. The predicted octanol–water partition coefficient (Wildman–Crippen LogP) is 2.98. The summed E-state index contributed by atoms with van der Waals surface area (Å²) in [6.45, 7) is 1.78. The lowest BCUT2D eigenvalue weighted by Gasteiger charge is -2.12. The average molecular weight is 330 g/mol. The number of H-pyrrole nitrogens is 1. The average Bonchev–Trinajstić information content (AvgIpc) is 2.94. The molecule has 0 atom stereocenters. The Morgan fingerprint density at radius 2 is 1.96 bits per heavy atom. The maximum atomic E-state index is 12.5. The third-order valence-electron chi connectivity index (χ3n) is 3.49. The van der Waals surface area contributed by atoms with Gasteiger partial charge in [0.05, 0.1) is 16.1 Å². The molecular formula is C16H14N2O4S. The molecular weight excluding hydrogens is 316 g/mol. The minimum absolute atomic E-state index is 0.0222. The van der Waals surface area contributed by atoms with Crippen LogP contribution in [-0.4, -0.2) is 24.5 Å². The molecule has 1 heterocycles. The first kappa shape index (κ1) is 15.1. The minimum Gasteiger partial charge on any atom is -0.478 e. The molecule has 0 aliphatic carbocycles. The number of sulfonamides is 1. The summed E-state index contributed by atoms with van der Waals surface area (Å²) in [5, 5.41) is 10.1. The molecule has 118 valence electrons. The van der Waals surface area contributed by atoms with E-state index in [1.54, 1.807) is 37.4 Å². The number of fused-ring (bicyclic) bond motifs is 1. The Morgan fingerprint density at radius 3 is 2.65 bits per heavy atom. The topological polar surface area (TPSA) is 99.3 Å². The van der Waals surface area contributed by atoms with Crippen LogP contribution in [-0.2, 0) is 10.0 Å². The summed E-state index contributed by atoms with van der Waals surface area (Å²) in [4.78, 5) is 14.5. The number of carboxylic acid groups (broad SMARTS) is 1. The largest absolute Gasteiger partial charge is 0.478 e. The van der Waals surface area contributed by atoms with Crippen molar-refractivity contribution in [1.82, 2.24) is 4.98 Å². The van der Waals surface area contributed by atoms with Gasteiger partial charge in [-0.2, -0.15) is 0 Å². The smallest absolute Gasteiger partial charge is 0.339 e. The fraction of sp³-hybridized carbons (Fsp3) is 0.0625. The lowest BCUT2D eigenvalue weighted by atomic mass is 10.1. The summed E-state index contributed by atoms with van der Waals surface area (Å²) in [6.07, 6.45) is 1.61. The van der Waals surface area contributed by atoms with Crippen molar-refractivity contribution in [3.63, 3.8) is 0 Å². The molecule has 6 nitrogen and oxygen atoms in total. The van der Waals surface area contributed by atoms with E-state index in [1.165, 1.54) is 18.2 Å². The number of carbonyl (C=O) groups is 1. The van der Waals surface area contributed by atoms with E-state index >= 15 is 0 Å². The molecule has 0 bridgehead atoms. The Kier molecular flexibility index (Phi) is 3.57. The van der Waals surface area contributed by atoms with Gasteiger partial charge in [0.1, 0.15) is 5.56 Å². The molecule has 0 saturated carbocycles. The second kappa shape index (κ2) is 5.44. The number of rotatable bonds is 4. The molecule has 0 radical (unpaired) electrons. The number of benzene rings is 2. The lowest BCUT2D eigenvalue weighted by Crippen LogP contribution is -2.16. The summed E-state index contributed by atoms with van der Waals surface area (Å²) in [5.41, 5.74) is 1.09. The zero-order valence-electron chi connectivity index (χ0n) is 12.2. The van der Waals surface area contributed by atoms with Crippen molar-refractivity contribution in [3.05, 3.63) is 59.8 Å². The Balaban J connectivity index is 2.11. The van der Waals surface area contributed by atoms with Crippen LogP contribution in [0.15, 0.2) is 53.6 Å². The molecule has 1 aromatic heterocycles. The van der Waals surface area contributed by atoms with Crippen LogP contribution in [0.25, 0.3) is 10.9 Å². The van der Waals surface area contributed by atoms with Gasteiger partial charge in [0.25, 0.3) is 10.0 Å². The van der Waals surface area contributed by atoms with Crippen LogP contribution in [0.1, 0.15) is 15.9 Å². The summed E-state index contributed by atoms with van der Waals surface area (Å²) in [7, 11) is -3.87. The highest BCUT2D eigenvalue weighted by atomic mass is 32.2. The molecule has 0 aliphatic rings. The first-order valence-corrected chi connectivity index (χ1v) is 8.30. The molecule has 2 aromatic carbocycles. The van der Waals surface area contributed by atoms with E-state index in [1.807, 2.05) is 0 Å². The van der Waals surface area contributed by atoms with Crippen LogP contribution in [0.2, 0.25) is 0 Å². The highest BCUT2D eigenvalue weighted by molar-refractivity contribution is 7.92.